The van der Waals surface area contributed by atoms with Crippen LogP contribution in [0.1, 0.15) is 12.0 Å². The van der Waals surface area contributed by atoms with Crippen molar-refractivity contribution in [3.63, 3.8) is 0 Å². The molecule has 0 aliphatic carbocycles. The fourth-order valence-corrected chi connectivity index (χ4v) is 0.964. The summed E-state index contributed by atoms with van der Waals surface area (Å²) < 4.78 is 5.45. The number of para-hydroxylation sites is 1. The van der Waals surface area contributed by atoms with Gasteiger partial charge >= 0.3 is 0 Å². The van der Waals surface area contributed by atoms with E-state index in [2.05, 4.69) is 12.5 Å². The summed E-state index contributed by atoms with van der Waals surface area (Å²) in [5, 5.41) is 0. The third-order valence-electron chi connectivity index (χ3n) is 1.62. The molecule has 0 saturated carbocycles. The molecule has 0 aromatic heterocycles. The van der Waals surface area contributed by atoms with Crippen LogP contribution in [-0.4, -0.2) is 6.61 Å². The van der Waals surface area contributed by atoms with Crippen molar-refractivity contribution in [2.75, 3.05) is 6.61 Å². The summed E-state index contributed by atoms with van der Waals surface area (Å²) in [6, 6.07) is 7.54. The highest BCUT2D eigenvalue weighted by Gasteiger charge is 1.97. The molecule has 13 heavy (non-hydrogen) atoms. The van der Waals surface area contributed by atoms with Crippen LogP contribution in [0.25, 0.3) is 0 Å². The number of hydrogen-bond acceptors (Lipinski definition) is 1. The standard InChI is InChI=1S/C12H12O/c1-3-5-10-13-12-9-7-6-8-11(12)4-2/h2-3,6-9H,1,5,10H2. The van der Waals surface area contributed by atoms with E-state index >= 15 is 0 Å². The first-order valence-electron chi connectivity index (χ1n) is 4.18. The van der Waals surface area contributed by atoms with Crippen molar-refractivity contribution in [1.29, 1.82) is 0 Å². The summed E-state index contributed by atoms with van der Waals surface area (Å²) in [5.41, 5.74) is 0.798. The van der Waals surface area contributed by atoms with Gasteiger partial charge in [0.15, 0.2) is 0 Å². The lowest BCUT2D eigenvalue weighted by molar-refractivity contribution is 0.324. The summed E-state index contributed by atoms with van der Waals surface area (Å²) in [7, 11) is 0. The van der Waals surface area contributed by atoms with Crippen LogP contribution in [0.15, 0.2) is 36.9 Å². The van der Waals surface area contributed by atoms with E-state index in [1.54, 1.807) is 0 Å². The van der Waals surface area contributed by atoms with E-state index in [9.17, 15) is 0 Å². The largest absolute Gasteiger partial charge is 0.492 e. The van der Waals surface area contributed by atoms with Crippen LogP contribution in [0, 0.1) is 12.3 Å². The van der Waals surface area contributed by atoms with Gasteiger partial charge in [-0.25, -0.2) is 0 Å². The Morgan fingerprint density at radius 2 is 2.23 bits per heavy atom. The van der Waals surface area contributed by atoms with Crippen LogP contribution in [0.5, 0.6) is 5.75 Å². The highest BCUT2D eigenvalue weighted by molar-refractivity contribution is 5.44. The lowest BCUT2D eigenvalue weighted by Crippen LogP contribution is -1.97. The highest BCUT2D eigenvalue weighted by atomic mass is 16.5. The smallest absolute Gasteiger partial charge is 0.134 e. The van der Waals surface area contributed by atoms with Gasteiger partial charge in [0.25, 0.3) is 0 Å². The average Bonchev–Trinajstić information content (AvgIpc) is 2.19. The molecule has 1 nitrogen and oxygen atoms in total. The zero-order valence-corrected chi connectivity index (χ0v) is 7.49. The molecule has 1 heteroatoms. The van der Waals surface area contributed by atoms with Gasteiger partial charge in [-0.3, -0.25) is 0 Å². The third kappa shape index (κ3) is 2.68. The average molecular weight is 172 g/mol. The number of hydrogen-bond donors (Lipinski definition) is 0. The Bertz CT molecular complexity index is 320. The molecule has 1 aromatic carbocycles. The van der Waals surface area contributed by atoms with E-state index in [-0.39, 0.29) is 0 Å². The van der Waals surface area contributed by atoms with Crippen molar-refractivity contribution in [1.82, 2.24) is 0 Å². The third-order valence-corrected chi connectivity index (χ3v) is 1.62. The number of benzene rings is 1. The van der Waals surface area contributed by atoms with Crippen LogP contribution in [-0.2, 0) is 0 Å². The maximum atomic E-state index is 5.45. The summed E-state index contributed by atoms with van der Waals surface area (Å²) in [5.74, 6) is 3.34. The Morgan fingerprint density at radius 3 is 2.92 bits per heavy atom. The lowest BCUT2D eigenvalue weighted by Gasteiger charge is -2.05. The topological polar surface area (TPSA) is 9.23 Å². The quantitative estimate of drug-likeness (QED) is 0.385. The molecule has 0 N–H and O–H groups in total. The van der Waals surface area contributed by atoms with Crippen LogP contribution < -0.4 is 4.74 Å². The van der Waals surface area contributed by atoms with E-state index in [4.69, 9.17) is 11.2 Å². The van der Waals surface area contributed by atoms with Crippen molar-refractivity contribution in [2.45, 2.75) is 6.42 Å². The SMILES string of the molecule is C#Cc1ccccc1OCCC=C. The molecule has 0 atom stereocenters. The Morgan fingerprint density at radius 1 is 1.46 bits per heavy atom. The molecule has 0 bridgehead atoms. The molecule has 0 radical (unpaired) electrons. The number of rotatable bonds is 4. The van der Waals surface area contributed by atoms with Gasteiger partial charge in [0.2, 0.25) is 0 Å². The van der Waals surface area contributed by atoms with Crippen molar-refractivity contribution in [3.05, 3.63) is 42.5 Å². The van der Waals surface area contributed by atoms with Crippen LogP contribution in [0.2, 0.25) is 0 Å². The van der Waals surface area contributed by atoms with E-state index in [0.29, 0.717) is 6.61 Å². The predicted octanol–water partition coefficient (Wildman–Crippen LogP) is 2.62. The number of terminal acetylenes is 1. The Kier molecular flexibility index (Phi) is 3.66. The van der Waals surface area contributed by atoms with Gasteiger partial charge in [-0.15, -0.1) is 13.0 Å². The van der Waals surface area contributed by atoms with Crippen molar-refractivity contribution in [2.24, 2.45) is 0 Å². The first-order chi connectivity index (χ1) is 6.38. The van der Waals surface area contributed by atoms with Crippen molar-refractivity contribution < 1.29 is 4.74 Å². The predicted molar refractivity (Wildman–Crippen MR) is 54.7 cm³/mol. The lowest BCUT2D eigenvalue weighted by atomic mass is 10.2. The van der Waals surface area contributed by atoms with Gasteiger partial charge in [-0.2, -0.15) is 0 Å². The Hall–Kier alpha value is -1.68. The van der Waals surface area contributed by atoms with Gasteiger partial charge in [-0.05, 0) is 18.6 Å². The van der Waals surface area contributed by atoms with Gasteiger partial charge in [0.1, 0.15) is 5.75 Å². The van der Waals surface area contributed by atoms with Crippen molar-refractivity contribution >= 4 is 0 Å². The fourth-order valence-electron chi connectivity index (χ4n) is 0.964. The van der Waals surface area contributed by atoms with E-state index < -0.39 is 0 Å². The second-order valence-corrected chi connectivity index (χ2v) is 2.57. The summed E-state index contributed by atoms with van der Waals surface area (Å²) in [6.45, 7) is 4.24. The molecule has 0 unspecified atom stereocenters. The first-order valence-corrected chi connectivity index (χ1v) is 4.18. The summed E-state index contributed by atoms with van der Waals surface area (Å²) in [4.78, 5) is 0. The minimum Gasteiger partial charge on any atom is -0.492 e. The Labute approximate surface area is 79.0 Å². The number of ether oxygens (including phenoxy) is 1. The normalized spacial score (nSPS) is 8.85. The monoisotopic (exact) mass is 172 g/mol. The highest BCUT2D eigenvalue weighted by Crippen LogP contribution is 2.16. The molecule has 66 valence electrons. The second-order valence-electron chi connectivity index (χ2n) is 2.57. The van der Waals surface area contributed by atoms with E-state index in [1.807, 2.05) is 30.3 Å². The van der Waals surface area contributed by atoms with Gasteiger partial charge in [0, 0.05) is 0 Å². The van der Waals surface area contributed by atoms with Gasteiger partial charge < -0.3 is 4.74 Å². The van der Waals surface area contributed by atoms with Crippen LogP contribution >= 0.6 is 0 Å². The molecule has 0 saturated heterocycles. The zero-order chi connectivity index (χ0) is 9.52. The van der Waals surface area contributed by atoms with Crippen LogP contribution in [0.3, 0.4) is 0 Å². The molecule has 1 aromatic rings. The maximum Gasteiger partial charge on any atom is 0.134 e. The Balaban J connectivity index is 2.65. The van der Waals surface area contributed by atoms with E-state index in [1.165, 1.54) is 0 Å². The maximum absolute atomic E-state index is 5.45. The summed E-state index contributed by atoms with van der Waals surface area (Å²) >= 11 is 0. The van der Waals surface area contributed by atoms with E-state index in [0.717, 1.165) is 17.7 Å². The molecule has 1 rings (SSSR count). The zero-order valence-electron chi connectivity index (χ0n) is 7.49. The summed E-state index contributed by atoms with van der Waals surface area (Å²) in [6.07, 6.45) is 7.95. The van der Waals surface area contributed by atoms with Crippen LogP contribution in [0.4, 0.5) is 0 Å². The molecule has 0 aliphatic heterocycles. The second kappa shape index (κ2) is 5.05. The molecule has 0 heterocycles. The first kappa shape index (κ1) is 9.41. The van der Waals surface area contributed by atoms with Crippen molar-refractivity contribution in [3.8, 4) is 18.1 Å². The van der Waals surface area contributed by atoms with Gasteiger partial charge in [-0.1, -0.05) is 24.1 Å². The minimum atomic E-state index is 0.627. The molecule has 0 fully saturated rings. The fraction of sp³-hybridized carbons (Fsp3) is 0.167. The van der Waals surface area contributed by atoms with Gasteiger partial charge in [0.05, 0.1) is 12.2 Å². The molecule has 0 spiro atoms. The minimum absolute atomic E-state index is 0.627. The molecule has 0 aliphatic rings. The molecular formula is C12H12O. The molecular weight excluding hydrogens is 160 g/mol. The molecule has 0 amide bonds.